The normalized spacial score (nSPS) is 22.7. The Labute approximate surface area is 117 Å². The summed E-state index contributed by atoms with van der Waals surface area (Å²) in [4.78, 5) is 12.3. The number of rotatable bonds is 5. The topological polar surface area (TPSA) is 38.3 Å². The maximum Gasteiger partial charge on any atom is 0.144 e. The predicted molar refractivity (Wildman–Crippen MR) is 71.9 cm³/mol. The van der Waals surface area contributed by atoms with Gasteiger partial charge in [-0.05, 0) is 24.2 Å². The van der Waals surface area contributed by atoms with Crippen LogP contribution in [0.15, 0.2) is 18.2 Å². The van der Waals surface area contributed by atoms with Gasteiger partial charge in [0.15, 0.2) is 0 Å². The van der Waals surface area contributed by atoms with Gasteiger partial charge >= 0.3 is 0 Å². The zero-order valence-corrected chi connectivity index (χ0v) is 11.5. The Hall–Kier alpha value is -0.970. The van der Waals surface area contributed by atoms with Gasteiger partial charge in [0.1, 0.15) is 11.6 Å². The highest BCUT2D eigenvalue weighted by Crippen LogP contribution is 2.22. The molecule has 0 bridgehead atoms. The van der Waals surface area contributed by atoms with Crippen molar-refractivity contribution in [2.45, 2.75) is 19.4 Å². The van der Waals surface area contributed by atoms with E-state index in [2.05, 4.69) is 5.32 Å². The van der Waals surface area contributed by atoms with Gasteiger partial charge in [-0.2, -0.15) is 0 Å². The molecule has 3 nitrogen and oxygen atoms in total. The number of hydrogen-bond acceptors (Lipinski definition) is 3. The fraction of sp³-hybridized carbons (Fsp3) is 0.500. The maximum absolute atomic E-state index is 12.9. The summed E-state index contributed by atoms with van der Waals surface area (Å²) in [5.74, 6) is -0.464. The van der Waals surface area contributed by atoms with Crippen molar-refractivity contribution >= 4 is 17.4 Å². The summed E-state index contributed by atoms with van der Waals surface area (Å²) in [6.45, 7) is 3.79. The first-order valence-corrected chi connectivity index (χ1v) is 6.77. The van der Waals surface area contributed by atoms with Crippen molar-refractivity contribution in [3.05, 3.63) is 34.6 Å². The number of benzene rings is 1. The average molecular weight is 286 g/mol. The number of Topliss-reactive ketones (excluding diaryl/α,β-unsaturated/α-hetero) is 1. The molecule has 0 spiro atoms. The molecule has 2 rings (SSSR count). The number of ketones is 1. The number of ether oxygens (including phenoxy) is 1. The van der Waals surface area contributed by atoms with Crippen molar-refractivity contribution in [1.29, 1.82) is 0 Å². The lowest BCUT2D eigenvalue weighted by Crippen LogP contribution is -2.39. The first kappa shape index (κ1) is 14.4. The molecule has 5 heteroatoms. The van der Waals surface area contributed by atoms with Crippen molar-refractivity contribution in [3.63, 3.8) is 0 Å². The lowest BCUT2D eigenvalue weighted by Gasteiger charge is -2.17. The highest BCUT2D eigenvalue weighted by Gasteiger charge is 2.33. The van der Waals surface area contributed by atoms with Gasteiger partial charge in [-0.15, -0.1) is 0 Å². The molecule has 0 amide bonds. The molecule has 1 aliphatic heterocycles. The zero-order valence-electron chi connectivity index (χ0n) is 10.8. The van der Waals surface area contributed by atoms with Crippen LogP contribution in [0.5, 0.6) is 0 Å². The first-order chi connectivity index (χ1) is 9.11. The standard InChI is InChI=1S/C14H17ClFNO2/c1-2-17-13-8-19-7-11(13)14(18)5-9-3-4-10(16)6-12(9)15/h3-4,6,11,13,17H,2,5,7-8H2,1H3. The van der Waals surface area contributed by atoms with Crippen LogP contribution < -0.4 is 5.32 Å². The first-order valence-electron chi connectivity index (χ1n) is 6.39. The summed E-state index contributed by atoms with van der Waals surface area (Å²) in [6, 6.07) is 4.18. The van der Waals surface area contributed by atoms with E-state index in [0.29, 0.717) is 23.8 Å². The molecule has 1 saturated heterocycles. The van der Waals surface area contributed by atoms with Gasteiger partial charge in [-0.25, -0.2) is 4.39 Å². The molecule has 0 aliphatic carbocycles. The number of nitrogens with one attached hydrogen (secondary N) is 1. The molecule has 1 N–H and O–H groups in total. The SMILES string of the molecule is CCNC1COCC1C(=O)Cc1ccc(F)cc1Cl. The molecule has 2 unspecified atom stereocenters. The van der Waals surface area contributed by atoms with E-state index in [9.17, 15) is 9.18 Å². The van der Waals surface area contributed by atoms with Crippen LogP contribution in [0.2, 0.25) is 5.02 Å². The van der Waals surface area contributed by atoms with Crippen LogP contribution in [0.3, 0.4) is 0 Å². The van der Waals surface area contributed by atoms with Crippen LogP contribution in [0, 0.1) is 11.7 Å². The lowest BCUT2D eigenvalue weighted by atomic mass is 9.93. The Bertz CT molecular complexity index is 467. The molecule has 1 fully saturated rings. The van der Waals surface area contributed by atoms with Gasteiger partial charge in [0.2, 0.25) is 0 Å². The van der Waals surface area contributed by atoms with Crippen LogP contribution in [0.4, 0.5) is 4.39 Å². The van der Waals surface area contributed by atoms with Gasteiger partial charge in [0.25, 0.3) is 0 Å². The van der Waals surface area contributed by atoms with E-state index in [-0.39, 0.29) is 24.2 Å². The van der Waals surface area contributed by atoms with E-state index in [1.54, 1.807) is 6.07 Å². The van der Waals surface area contributed by atoms with E-state index in [4.69, 9.17) is 16.3 Å². The van der Waals surface area contributed by atoms with E-state index in [1.807, 2.05) is 6.92 Å². The molecule has 19 heavy (non-hydrogen) atoms. The van der Waals surface area contributed by atoms with Crippen LogP contribution in [0.25, 0.3) is 0 Å². The van der Waals surface area contributed by atoms with Crippen molar-refractivity contribution < 1.29 is 13.9 Å². The molecule has 0 saturated carbocycles. The fourth-order valence-electron chi connectivity index (χ4n) is 2.32. The minimum absolute atomic E-state index is 0.0664. The molecule has 1 aromatic rings. The number of halogens is 2. The molecular weight excluding hydrogens is 269 g/mol. The molecule has 0 radical (unpaired) electrons. The van der Waals surface area contributed by atoms with Crippen LogP contribution in [-0.4, -0.2) is 31.6 Å². The second-order valence-corrected chi connectivity index (χ2v) is 5.09. The fourth-order valence-corrected chi connectivity index (χ4v) is 2.55. The Kier molecular flexibility index (Phi) is 4.91. The second kappa shape index (κ2) is 6.46. The maximum atomic E-state index is 12.9. The molecular formula is C14H17ClFNO2. The highest BCUT2D eigenvalue weighted by atomic mass is 35.5. The van der Waals surface area contributed by atoms with Crippen molar-refractivity contribution in [3.8, 4) is 0 Å². The summed E-state index contributed by atoms with van der Waals surface area (Å²) >= 11 is 5.94. The largest absolute Gasteiger partial charge is 0.379 e. The van der Waals surface area contributed by atoms with Crippen molar-refractivity contribution in [2.75, 3.05) is 19.8 Å². The van der Waals surface area contributed by atoms with E-state index >= 15 is 0 Å². The Morgan fingerprint density at radius 2 is 2.32 bits per heavy atom. The summed E-state index contributed by atoms with van der Waals surface area (Å²) < 4.78 is 18.3. The quantitative estimate of drug-likeness (QED) is 0.901. The zero-order chi connectivity index (χ0) is 13.8. The molecule has 1 heterocycles. The Morgan fingerprint density at radius 1 is 1.53 bits per heavy atom. The minimum atomic E-state index is -0.393. The molecule has 1 aliphatic rings. The van der Waals surface area contributed by atoms with Gasteiger partial charge < -0.3 is 10.1 Å². The second-order valence-electron chi connectivity index (χ2n) is 4.69. The van der Waals surface area contributed by atoms with Gasteiger partial charge in [0.05, 0.1) is 19.1 Å². The summed E-state index contributed by atoms with van der Waals surface area (Å²) in [5.41, 5.74) is 0.662. The lowest BCUT2D eigenvalue weighted by molar-refractivity contribution is -0.122. The van der Waals surface area contributed by atoms with Crippen molar-refractivity contribution in [2.24, 2.45) is 5.92 Å². The number of hydrogen-bond donors (Lipinski definition) is 1. The van der Waals surface area contributed by atoms with Crippen LogP contribution >= 0.6 is 11.6 Å². The molecule has 1 aromatic carbocycles. The highest BCUT2D eigenvalue weighted by molar-refractivity contribution is 6.31. The summed E-state index contributed by atoms with van der Waals surface area (Å²) in [5, 5.41) is 3.54. The third-order valence-electron chi connectivity index (χ3n) is 3.34. The molecule has 2 atom stereocenters. The van der Waals surface area contributed by atoms with Crippen LogP contribution in [0.1, 0.15) is 12.5 Å². The third kappa shape index (κ3) is 3.53. The number of likely N-dealkylation sites (N-methyl/N-ethyl adjacent to an activating group) is 1. The Morgan fingerprint density at radius 3 is 3.00 bits per heavy atom. The third-order valence-corrected chi connectivity index (χ3v) is 3.69. The van der Waals surface area contributed by atoms with Gasteiger partial charge in [-0.3, -0.25) is 4.79 Å². The monoisotopic (exact) mass is 285 g/mol. The van der Waals surface area contributed by atoms with E-state index in [1.165, 1.54) is 12.1 Å². The predicted octanol–water partition coefficient (Wildman–Crippen LogP) is 2.22. The molecule has 104 valence electrons. The van der Waals surface area contributed by atoms with Gasteiger partial charge in [0, 0.05) is 17.5 Å². The Balaban J connectivity index is 2.04. The smallest absolute Gasteiger partial charge is 0.144 e. The van der Waals surface area contributed by atoms with Gasteiger partial charge in [-0.1, -0.05) is 24.6 Å². The summed E-state index contributed by atoms with van der Waals surface area (Å²) in [7, 11) is 0. The minimum Gasteiger partial charge on any atom is -0.379 e. The van der Waals surface area contributed by atoms with Crippen LogP contribution in [-0.2, 0) is 16.0 Å². The van der Waals surface area contributed by atoms with Crippen molar-refractivity contribution in [1.82, 2.24) is 5.32 Å². The average Bonchev–Trinajstić information content (AvgIpc) is 2.81. The number of carbonyl (C=O) groups is 1. The van der Waals surface area contributed by atoms with E-state index < -0.39 is 5.82 Å². The summed E-state index contributed by atoms with van der Waals surface area (Å²) in [6.07, 6.45) is 0.217. The molecule has 0 aromatic heterocycles. The number of carbonyl (C=O) groups excluding carboxylic acids is 1. The van der Waals surface area contributed by atoms with E-state index in [0.717, 1.165) is 6.54 Å².